The molecule has 3 aromatic rings. The Morgan fingerprint density at radius 3 is 2.32 bits per heavy atom. The lowest BCUT2D eigenvalue weighted by atomic mass is 9.94. The summed E-state index contributed by atoms with van der Waals surface area (Å²) in [5.74, 6) is -1.57. The zero-order valence-electron chi connectivity index (χ0n) is 35.5. The van der Waals surface area contributed by atoms with E-state index in [0.29, 0.717) is 56.6 Å². The maximum Gasteiger partial charge on any atom is 0.405 e. The Morgan fingerprint density at radius 2 is 1.68 bits per heavy atom. The Bertz CT molecular complexity index is 2110. The number of carboxylic acid groups (broad SMARTS) is 1. The lowest BCUT2D eigenvalue weighted by Crippen LogP contribution is -2.60. The van der Waals surface area contributed by atoms with Gasteiger partial charge in [0.2, 0.25) is 22.7 Å². The predicted octanol–water partition coefficient (Wildman–Crippen LogP) is 2.21. The van der Waals surface area contributed by atoms with E-state index in [1.807, 2.05) is 31.1 Å². The molecule has 0 bridgehead atoms. The van der Waals surface area contributed by atoms with Crippen molar-refractivity contribution < 1.29 is 65.8 Å². The van der Waals surface area contributed by atoms with Gasteiger partial charge in [0.1, 0.15) is 18.5 Å². The van der Waals surface area contributed by atoms with Crippen molar-refractivity contribution in [3.05, 3.63) is 64.1 Å². The molecule has 63 heavy (non-hydrogen) atoms. The quantitative estimate of drug-likeness (QED) is 0.133. The number of rotatable bonds is 18. The second kappa shape index (κ2) is 21.4. The number of thiazole rings is 1. The van der Waals surface area contributed by atoms with Gasteiger partial charge in [-0.25, -0.2) is 23.0 Å². The Hall–Kier alpha value is -4.65. The molecule has 6 N–H and O–H groups in total. The standard InChI is InChI=1S/C35H44N4O12S2.C6H12N2O2/c1-23(2)16-39(53(44,45)28-8-9-30-31(15-28)50-22-49-30)17-32(51-34(41)20-48-33(40)18-38-10-12-46-13-11-38)29(37-35(42)43)14-25-4-6-27(7-5-25)47-19-26-21-52-24(3)36-26;7-5-1-3-9-6(5,8)10-4-2-5/h4-9,15,21,23,29,32,37H,10-14,16-20,22H2,1-3H3,(H,42,43);1-4,7-8H2. The molecule has 4 aliphatic rings. The van der Waals surface area contributed by atoms with Gasteiger partial charge in [0.25, 0.3) is 0 Å². The van der Waals surface area contributed by atoms with Crippen LogP contribution in [0.2, 0.25) is 0 Å². The van der Waals surface area contributed by atoms with Crippen LogP contribution in [-0.4, -0.2) is 142 Å². The third kappa shape index (κ3) is 13.0. The van der Waals surface area contributed by atoms with Crippen LogP contribution in [0.25, 0.3) is 0 Å². The van der Waals surface area contributed by atoms with Gasteiger partial charge in [-0.05, 0) is 61.9 Å². The van der Waals surface area contributed by atoms with Crippen molar-refractivity contribution in [1.82, 2.24) is 19.5 Å². The topological polar surface area (TPSA) is 263 Å². The number of aryl methyl sites for hydroxylation is 1. The molecule has 3 saturated heterocycles. The number of hydrogen-bond acceptors (Lipinski definition) is 18. The highest BCUT2D eigenvalue weighted by molar-refractivity contribution is 7.89. The number of esters is 2. The number of carbonyl (C=O) groups excluding carboxylic acids is 2. The van der Waals surface area contributed by atoms with E-state index < -0.39 is 64.8 Å². The van der Waals surface area contributed by atoms with Gasteiger partial charge in [-0.3, -0.25) is 15.4 Å². The van der Waals surface area contributed by atoms with E-state index in [0.717, 1.165) is 27.8 Å². The summed E-state index contributed by atoms with van der Waals surface area (Å²) in [6.45, 7) is 7.78. The molecule has 3 fully saturated rings. The van der Waals surface area contributed by atoms with Crippen LogP contribution in [0.1, 0.15) is 43.0 Å². The highest BCUT2D eigenvalue weighted by Gasteiger charge is 2.56. The fourth-order valence-electron chi connectivity index (χ4n) is 7.26. The molecule has 2 aromatic carbocycles. The van der Waals surface area contributed by atoms with Gasteiger partial charge in [0, 0.05) is 31.1 Å². The molecule has 2 atom stereocenters. The van der Waals surface area contributed by atoms with Gasteiger partial charge in [-0.1, -0.05) is 26.0 Å². The highest BCUT2D eigenvalue weighted by Crippen LogP contribution is 2.39. The Balaban J connectivity index is 0.000000574. The molecule has 0 saturated carbocycles. The molecule has 5 heterocycles. The van der Waals surface area contributed by atoms with Crippen molar-refractivity contribution in [3.8, 4) is 17.2 Å². The SMILES string of the molecule is Cc1nc(COc2ccc(CC(NC(=O)O)C(CN(CC(C)C)S(=O)(=O)c3ccc4c(c3)OCO4)OC(=O)COC(=O)CN3CCOCC3)cc2)cs1.NC12CCOC1(N)OCC2. The van der Waals surface area contributed by atoms with Gasteiger partial charge in [-0.15, -0.1) is 11.3 Å². The maximum atomic E-state index is 14.2. The van der Waals surface area contributed by atoms with Gasteiger partial charge in [0.05, 0.1) is 66.7 Å². The zero-order chi connectivity index (χ0) is 45.2. The molecule has 20 nitrogen and oxygen atoms in total. The zero-order valence-corrected chi connectivity index (χ0v) is 37.2. The number of carbonyl (C=O) groups is 3. The van der Waals surface area contributed by atoms with Crippen LogP contribution >= 0.6 is 11.3 Å². The summed E-state index contributed by atoms with van der Waals surface area (Å²) in [7, 11) is -4.25. The van der Waals surface area contributed by atoms with Crippen molar-refractivity contribution in [1.29, 1.82) is 0 Å². The molecule has 1 aromatic heterocycles. The van der Waals surface area contributed by atoms with Crippen molar-refractivity contribution in [2.24, 2.45) is 17.4 Å². The summed E-state index contributed by atoms with van der Waals surface area (Å²) in [6, 6.07) is 10.0. The largest absolute Gasteiger partial charge is 0.487 e. The lowest BCUT2D eigenvalue weighted by molar-refractivity contribution is -0.195. The summed E-state index contributed by atoms with van der Waals surface area (Å²) >= 11 is 1.52. The van der Waals surface area contributed by atoms with Crippen molar-refractivity contribution in [3.63, 3.8) is 0 Å². The Labute approximate surface area is 370 Å². The van der Waals surface area contributed by atoms with Crippen LogP contribution in [0.15, 0.2) is 52.7 Å². The minimum atomic E-state index is -4.25. The van der Waals surface area contributed by atoms with Crippen molar-refractivity contribution in [2.45, 2.75) is 75.1 Å². The minimum absolute atomic E-state index is 0.00367. The normalized spacial score (nSPS) is 21.6. The number of hydrogen-bond donors (Lipinski definition) is 4. The number of morpholine rings is 1. The summed E-state index contributed by atoms with van der Waals surface area (Å²) in [4.78, 5) is 44.0. The van der Waals surface area contributed by atoms with Crippen LogP contribution in [0, 0.1) is 12.8 Å². The smallest absolute Gasteiger partial charge is 0.405 e. The van der Waals surface area contributed by atoms with Gasteiger partial charge in [0.15, 0.2) is 18.1 Å². The first-order chi connectivity index (χ1) is 30.0. The number of ether oxygens (including phenoxy) is 8. The molecular formula is C41H56N6O14S2. The number of sulfonamides is 1. The average molecular weight is 921 g/mol. The number of nitrogens with zero attached hydrogens (tertiary/aromatic N) is 3. The van der Waals surface area contributed by atoms with E-state index >= 15 is 0 Å². The predicted molar refractivity (Wildman–Crippen MR) is 226 cm³/mol. The third-order valence-electron chi connectivity index (χ3n) is 10.6. The lowest BCUT2D eigenvalue weighted by Gasteiger charge is -2.32. The summed E-state index contributed by atoms with van der Waals surface area (Å²) < 4.78 is 72.7. The molecule has 1 amide bonds. The number of fused-ring (bicyclic) bond motifs is 2. The summed E-state index contributed by atoms with van der Waals surface area (Å²) in [5, 5.41) is 15.1. The van der Waals surface area contributed by atoms with Gasteiger partial charge >= 0.3 is 18.0 Å². The van der Waals surface area contributed by atoms with E-state index in [2.05, 4.69) is 10.3 Å². The first-order valence-electron chi connectivity index (χ1n) is 20.5. The minimum Gasteiger partial charge on any atom is -0.487 e. The fourth-order valence-corrected chi connectivity index (χ4v) is 9.48. The molecule has 0 aliphatic carbocycles. The van der Waals surface area contributed by atoms with E-state index in [4.69, 9.17) is 49.4 Å². The van der Waals surface area contributed by atoms with Crippen LogP contribution in [-0.2, 0) is 56.3 Å². The number of nitrogens with one attached hydrogen (secondary N) is 1. The molecular weight excluding hydrogens is 865 g/mol. The van der Waals surface area contributed by atoms with Crippen LogP contribution in [0.4, 0.5) is 4.79 Å². The fraction of sp³-hybridized carbons (Fsp3) is 0.561. The van der Waals surface area contributed by atoms with Crippen LogP contribution in [0.5, 0.6) is 17.2 Å². The van der Waals surface area contributed by atoms with E-state index in [1.165, 1.54) is 29.5 Å². The van der Waals surface area contributed by atoms with Gasteiger partial charge < -0.3 is 54.1 Å². The maximum absolute atomic E-state index is 14.2. The second-order valence-electron chi connectivity index (χ2n) is 15.9. The molecule has 346 valence electrons. The van der Waals surface area contributed by atoms with E-state index in [9.17, 15) is 27.9 Å². The Kier molecular flexibility index (Phi) is 16.2. The number of amides is 1. The molecule has 4 aliphatic heterocycles. The third-order valence-corrected chi connectivity index (χ3v) is 13.3. The summed E-state index contributed by atoms with van der Waals surface area (Å²) in [5.41, 5.74) is 12.7. The second-order valence-corrected chi connectivity index (χ2v) is 18.9. The first-order valence-corrected chi connectivity index (χ1v) is 22.9. The summed E-state index contributed by atoms with van der Waals surface area (Å²) in [6.07, 6.45) is -1.15. The number of aromatic nitrogens is 1. The van der Waals surface area contributed by atoms with E-state index in [1.54, 1.807) is 24.3 Å². The Morgan fingerprint density at radius 1 is 0.984 bits per heavy atom. The molecule has 22 heteroatoms. The monoisotopic (exact) mass is 920 g/mol. The molecule has 2 unspecified atom stereocenters. The molecule has 7 rings (SSSR count). The van der Waals surface area contributed by atoms with Gasteiger partial charge in [-0.2, -0.15) is 4.31 Å². The highest BCUT2D eigenvalue weighted by atomic mass is 32.2. The molecule has 0 spiro atoms. The number of benzene rings is 2. The average Bonchev–Trinajstić information content (AvgIpc) is 4.02. The number of nitrogens with two attached hydrogens (primary N) is 2. The van der Waals surface area contributed by atoms with Crippen molar-refractivity contribution in [2.75, 3.05) is 72.6 Å². The van der Waals surface area contributed by atoms with Crippen LogP contribution < -0.4 is 31.0 Å². The van der Waals surface area contributed by atoms with Crippen molar-refractivity contribution >= 4 is 39.4 Å². The molecule has 0 radical (unpaired) electrons. The van der Waals surface area contributed by atoms with E-state index in [-0.39, 0.29) is 49.5 Å². The first kappa shape index (κ1) is 47.8. The van der Waals surface area contributed by atoms with Crippen LogP contribution in [0.3, 0.4) is 0 Å².